The molecule has 2 N–H and O–H groups in total. The minimum absolute atomic E-state index is 0.471. The van der Waals surface area contributed by atoms with Gasteiger partial charge >= 0.3 is 0 Å². The Labute approximate surface area is 117 Å². The Morgan fingerprint density at radius 3 is 2.50 bits per heavy atom. The molecule has 0 spiro atoms. The van der Waals surface area contributed by atoms with Crippen molar-refractivity contribution in [2.75, 3.05) is 5.73 Å². The highest BCUT2D eigenvalue weighted by Crippen LogP contribution is 2.22. The molecule has 0 atom stereocenters. The molecule has 0 amide bonds. The van der Waals surface area contributed by atoms with Gasteiger partial charge in [-0.3, -0.25) is 4.98 Å². The fourth-order valence-electron chi connectivity index (χ4n) is 2.25. The van der Waals surface area contributed by atoms with Crippen LogP contribution in [0.25, 0.3) is 10.8 Å². The van der Waals surface area contributed by atoms with Gasteiger partial charge in [-0.25, -0.2) is 0 Å². The summed E-state index contributed by atoms with van der Waals surface area (Å²) in [6.07, 6.45) is 3.58. The van der Waals surface area contributed by atoms with Crippen LogP contribution in [0.2, 0.25) is 0 Å². The van der Waals surface area contributed by atoms with Gasteiger partial charge in [0.1, 0.15) is 0 Å². The van der Waals surface area contributed by atoms with Crippen LogP contribution in [-0.2, 0) is 12.8 Å². The third kappa shape index (κ3) is 2.32. The van der Waals surface area contributed by atoms with Crippen LogP contribution in [0, 0.1) is 0 Å². The van der Waals surface area contributed by atoms with E-state index in [0.717, 1.165) is 28.6 Å². The monoisotopic (exact) mass is 264 g/mol. The van der Waals surface area contributed by atoms with Crippen LogP contribution >= 0.6 is 0 Å². The van der Waals surface area contributed by atoms with Gasteiger partial charge in [-0.2, -0.15) is 5.10 Å². The Bertz CT molecular complexity index is 735. The van der Waals surface area contributed by atoms with Gasteiger partial charge in [-0.15, -0.1) is 5.10 Å². The van der Waals surface area contributed by atoms with Crippen molar-refractivity contribution in [1.82, 2.24) is 15.2 Å². The summed E-state index contributed by atoms with van der Waals surface area (Å²) >= 11 is 0. The van der Waals surface area contributed by atoms with Gasteiger partial charge in [0, 0.05) is 29.1 Å². The average molecular weight is 264 g/mol. The summed E-state index contributed by atoms with van der Waals surface area (Å²) in [6.45, 7) is 2.12. The lowest BCUT2D eigenvalue weighted by Gasteiger charge is -2.06. The number of hydrogen-bond acceptors (Lipinski definition) is 4. The molecule has 2 aromatic heterocycles. The Hall–Kier alpha value is -2.49. The number of rotatable bonds is 3. The second-order valence-corrected chi connectivity index (χ2v) is 4.77. The zero-order valence-electron chi connectivity index (χ0n) is 11.4. The summed E-state index contributed by atoms with van der Waals surface area (Å²) in [4.78, 5) is 4.48. The summed E-state index contributed by atoms with van der Waals surface area (Å²) in [5, 5.41) is 10.3. The van der Waals surface area contributed by atoms with E-state index >= 15 is 0 Å². The molecule has 0 aliphatic rings. The van der Waals surface area contributed by atoms with Crippen LogP contribution in [-0.4, -0.2) is 15.2 Å². The molecule has 0 aliphatic heterocycles. The maximum atomic E-state index is 5.87. The van der Waals surface area contributed by atoms with Crippen LogP contribution in [0.3, 0.4) is 0 Å². The maximum Gasteiger partial charge on any atom is 0.153 e. The van der Waals surface area contributed by atoms with Crippen LogP contribution in [0.15, 0.2) is 42.6 Å². The molecule has 0 fully saturated rings. The fraction of sp³-hybridized carbons (Fsp3) is 0.188. The van der Waals surface area contributed by atoms with E-state index < -0.39 is 0 Å². The molecule has 3 rings (SSSR count). The number of fused-ring (bicyclic) bond motifs is 1. The lowest BCUT2D eigenvalue weighted by molar-refractivity contribution is 0.937. The van der Waals surface area contributed by atoms with Gasteiger partial charge in [0.25, 0.3) is 0 Å². The average Bonchev–Trinajstić information content (AvgIpc) is 2.51. The Morgan fingerprint density at radius 1 is 1.00 bits per heavy atom. The predicted molar refractivity (Wildman–Crippen MR) is 80.4 cm³/mol. The highest BCUT2D eigenvalue weighted by Gasteiger charge is 2.08. The quantitative estimate of drug-likeness (QED) is 0.790. The highest BCUT2D eigenvalue weighted by atomic mass is 15.1. The number of anilines is 1. The van der Waals surface area contributed by atoms with E-state index in [0.29, 0.717) is 12.2 Å². The molecular weight excluding hydrogens is 248 g/mol. The van der Waals surface area contributed by atoms with Crippen molar-refractivity contribution in [2.45, 2.75) is 19.8 Å². The first kappa shape index (κ1) is 12.5. The number of hydrogen-bond donors (Lipinski definition) is 1. The van der Waals surface area contributed by atoms with Crippen LogP contribution in [0.1, 0.15) is 23.9 Å². The Kier molecular flexibility index (Phi) is 3.29. The molecule has 1 aromatic carbocycles. The van der Waals surface area contributed by atoms with E-state index in [1.54, 1.807) is 0 Å². The molecule has 20 heavy (non-hydrogen) atoms. The van der Waals surface area contributed by atoms with Gasteiger partial charge < -0.3 is 5.73 Å². The van der Waals surface area contributed by atoms with E-state index in [1.807, 2.05) is 36.5 Å². The number of benzene rings is 1. The molecule has 0 saturated carbocycles. The Balaban J connectivity index is 2.00. The summed E-state index contributed by atoms with van der Waals surface area (Å²) in [7, 11) is 0. The van der Waals surface area contributed by atoms with E-state index in [4.69, 9.17) is 5.73 Å². The molecule has 0 saturated heterocycles. The normalized spacial score (nSPS) is 10.8. The van der Waals surface area contributed by atoms with Gasteiger partial charge in [0.2, 0.25) is 0 Å². The molecule has 4 heteroatoms. The number of pyridine rings is 1. The van der Waals surface area contributed by atoms with Crippen molar-refractivity contribution in [3.8, 4) is 0 Å². The molecular formula is C16H16N4. The van der Waals surface area contributed by atoms with E-state index in [9.17, 15) is 0 Å². The van der Waals surface area contributed by atoms with Crippen LogP contribution < -0.4 is 5.73 Å². The van der Waals surface area contributed by atoms with Crippen LogP contribution in [0.5, 0.6) is 0 Å². The number of nitrogens with zero attached hydrogens (tertiary/aromatic N) is 3. The minimum Gasteiger partial charge on any atom is -0.382 e. The third-order valence-electron chi connectivity index (χ3n) is 3.44. The van der Waals surface area contributed by atoms with Crippen molar-refractivity contribution in [3.05, 3.63) is 59.5 Å². The summed E-state index contributed by atoms with van der Waals surface area (Å²) in [5.74, 6) is 0.471. The molecule has 0 bridgehead atoms. The van der Waals surface area contributed by atoms with E-state index in [-0.39, 0.29) is 0 Å². The number of nitrogen functional groups attached to an aromatic ring is 1. The first-order valence-corrected chi connectivity index (χ1v) is 6.71. The van der Waals surface area contributed by atoms with Crippen molar-refractivity contribution >= 4 is 16.6 Å². The maximum absolute atomic E-state index is 5.87. The summed E-state index contributed by atoms with van der Waals surface area (Å²) in [6, 6.07) is 12.1. The van der Waals surface area contributed by atoms with Crippen LogP contribution in [0.4, 0.5) is 5.82 Å². The first-order chi connectivity index (χ1) is 9.78. The SMILES string of the molecule is CCc1ccc(Cc2nnc(N)c3ccccc23)nc1. The summed E-state index contributed by atoms with van der Waals surface area (Å²) < 4.78 is 0. The summed E-state index contributed by atoms with van der Waals surface area (Å²) in [5.41, 5.74) is 9.01. The number of nitrogens with two attached hydrogens (primary N) is 1. The lowest BCUT2D eigenvalue weighted by Crippen LogP contribution is -2.02. The van der Waals surface area contributed by atoms with Crippen molar-refractivity contribution < 1.29 is 0 Å². The molecule has 4 nitrogen and oxygen atoms in total. The van der Waals surface area contributed by atoms with E-state index in [2.05, 4.69) is 28.2 Å². The van der Waals surface area contributed by atoms with Crippen molar-refractivity contribution in [3.63, 3.8) is 0 Å². The molecule has 0 radical (unpaired) electrons. The third-order valence-corrected chi connectivity index (χ3v) is 3.44. The zero-order chi connectivity index (χ0) is 13.9. The second kappa shape index (κ2) is 5.25. The van der Waals surface area contributed by atoms with Crippen molar-refractivity contribution in [2.24, 2.45) is 0 Å². The van der Waals surface area contributed by atoms with Gasteiger partial charge in [0.05, 0.1) is 5.69 Å². The molecule has 2 heterocycles. The topological polar surface area (TPSA) is 64.7 Å². The standard InChI is InChI=1S/C16H16N4/c1-2-11-7-8-12(18-10-11)9-15-13-5-3-4-6-14(13)16(17)20-19-15/h3-8,10H,2,9H2,1H3,(H2,17,20). The smallest absolute Gasteiger partial charge is 0.153 e. The lowest BCUT2D eigenvalue weighted by atomic mass is 10.1. The minimum atomic E-state index is 0.471. The second-order valence-electron chi connectivity index (χ2n) is 4.77. The van der Waals surface area contributed by atoms with Gasteiger partial charge in [-0.05, 0) is 18.1 Å². The molecule has 3 aromatic rings. The largest absolute Gasteiger partial charge is 0.382 e. The molecule has 0 unspecified atom stereocenters. The number of aryl methyl sites for hydroxylation is 1. The highest BCUT2D eigenvalue weighted by molar-refractivity contribution is 5.92. The predicted octanol–water partition coefficient (Wildman–Crippen LogP) is 2.76. The zero-order valence-corrected chi connectivity index (χ0v) is 11.4. The molecule has 0 aliphatic carbocycles. The number of aromatic nitrogens is 3. The Morgan fingerprint density at radius 2 is 1.80 bits per heavy atom. The first-order valence-electron chi connectivity index (χ1n) is 6.71. The van der Waals surface area contributed by atoms with Gasteiger partial charge in [0.15, 0.2) is 5.82 Å². The van der Waals surface area contributed by atoms with Gasteiger partial charge in [-0.1, -0.05) is 37.3 Å². The van der Waals surface area contributed by atoms with E-state index in [1.165, 1.54) is 5.56 Å². The molecule has 100 valence electrons. The van der Waals surface area contributed by atoms with Crippen molar-refractivity contribution in [1.29, 1.82) is 0 Å². The fourth-order valence-corrected chi connectivity index (χ4v) is 2.25.